The van der Waals surface area contributed by atoms with Crippen molar-refractivity contribution in [3.8, 4) is 0 Å². The summed E-state index contributed by atoms with van der Waals surface area (Å²) in [6.45, 7) is -1.05. The Bertz CT molecular complexity index is 3760. The van der Waals surface area contributed by atoms with Gasteiger partial charge in [-0.05, 0) is 87.8 Å². The molecule has 2 saturated heterocycles. The fourth-order valence-electron chi connectivity index (χ4n) is 13.8. The lowest BCUT2D eigenvalue weighted by Gasteiger charge is -2.31. The molecule has 39 nitrogen and oxygen atoms in total. The largest absolute Gasteiger partial charge is 0.394 e. The van der Waals surface area contributed by atoms with Crippen molar-refractivity contribution < 1.29 is 102 Å². The van der Waals surface area contributed by atoms with E-state index in [9.17, 15) is 77.6 Å². The number of hydrogen-bond donors (Lipinski definition) is 22. The maximum Gasteiger partial charge on any atom is 0.246 e. The smallest absolute Gasteiger partial charge is 0.246 e. The molecule has 0 saturated carbocycles. The van der Waals surface area contributed by atoms with Crippen molar-refractivity contribution in [1.82, 2.24) is 73.7 Å². The number of primary amides is 2. The van der Waals surface area contributed by atoms with E-state index < -0.39 is 208 Å². The molecule has 0 radical (unpaired) electrons. The van der Waals surface area contributed by atoms with Gasteiger partial charge < -0.3 is 126 Å². The molecular formula is C81H128N18O21. The van der Waals surface area contributed by atoms with Crippen LogP contribution in [0.25, 0.3) is 10.9 Å². The van der Waals surface area contributed by atoms with Crippen LogP contribution in [0.15, 0.2) is 60.8 Å². The second-order valence-electron chi connectivity index (χ2n) is 30.3. The van der Waals surface area contributed by atoms with Gasteiger partial charge in [0.25, 0.3) is 0 Å². The Kier molecular flexibility index (Phi) is 46.8. The van der Waals surface area contributed by atoms with Crippen LogP contribution in [0.1, 0.15) is 191 Å². The number of aromatic nitrogens is 1. The summed E-state index contributed by atoms with van der Waals surface area (Å²) in [6, 6.07) is -0.175. The second kappa shape index (κ2) is 56.1. The van der Waals surface area contributed by atoms with E-state index in [1.807, 2.05) is 12.1 Å². The number of aliphatic hydroxyl groups is 5. The fourth-order valence-corrected chi connectivity index (χ4v) is 13.8. The summed E-state index contributed by atoms with van der Waals surface area (Å²) >= 11 is 0. The first-order chi connectivity index (χ1) is 57.6. The van der Waals surface area contributed by atoms with E-state index in [0.717, 1.165) is 73.6 Å². The number of fused-ring (bicyclic) bond motifs is 2. The molecule has 2 aliphatic rings. The lowest BCUT2D eigenvalue weighted by molar-refractivity contribution is -0.143. The molecule has 2 aromatic carbocycles. The molecule has 3 heterocycles. The first-order valence-electron chi connectivity index (χ1n) is 41.8. The monoisotopic (exact) mass is 1690 g/mol. The average Bonchev–Trinajstić information content (AvgIpc) is 1.66. The number of amides is 14. The number of rotatable bonds is 49. The van der Waals surface area contributed by atoms with Gasteiger partial charge >= 0.3 is 0 Å². The van der Waals surface area contributed by atoms with Crippen LogP contribution in [-0.2, 0) is 89.4 Å². The normalized spacial score (nSPS) is 19.6. The number of benzene rings is 2. The number of hydrogen-bond acceptors (Lipinski definition) is 22. The summed E-state index contributed by atoms with van der Waals surface area (Å²) in [4.78, 5) is 199. The van der Waals surface area contributed by atoms with Crippen LogP contribution >= 0.6 is 0 Å². The minimum atomic E-state index is -1.89. The number of nitrogens with two attached hydrogens (primary N) is 3. The summed E-state index contributed by atoms with van der Waals surface area (Å²) in [5.74, 6) is -12.9. The Hall–Kier alpha value is -10.5. The van der Waals surface area contributed by atoms with Gasteiger partial charge in [-0.2, -0.15) is 0 Å². The number of ether oxygens (including phenoxy) is 2. The fraction of sp³-hybridized carbons (Fsp3) is 0.642. The third-order valence-electron chi connectivity index (χ3n) is 20.5. The molecule has 0 spiro atoms. The van der Waals surface area contributed by atoms with Gasteiger partial charge in [0.2, 0.25) is 82.7 Å². The quantitative estimate of drug-likeness (QED) is 0.0120. The summed E-state index contributed by atoms with van der Waals surface area (Å²) < 4.78 is 10.8. The number of unbranched alkanes of at least 4 members (excludes halogenated alkanes) is 12. The zero-order chi connectivity index (χ0) is 87.7. The number of carbonyl (C=O) groups excluding carboxylic acids is 14. The molecule has 2 fully saturated rings. The predicted octanol–water partition coefficient (Wildman–Crippen LogP) is -2.53. The van der Waals surface area contributed by atoms with E-state index in [1.165, 1.54) is 19.3 Å². The van der Waals surface area contributed by atoms with Crippen molar-refractivity contribution in [2.24, 2.45) is 17.2 Å². The zero-order valence-corrected chi connectivity index (χ0v) is 68.7. The van der Waals surface area contributed by atoms with Crippen LogP contribution in [0.4, 0.5) is 0 Å². The number of H-pyrrole nitrogens is 1. The summed E-state index contributed by atoms with van der Waals surface area (Å²) in [5, 5.41) is 89.4. The number of para-hydroxylation sites is 1. The first-order valence-corrected chi connectivity index (χ1v) is 41.8. The molecule has 14 amide bonds. The molecule has 120 heavy (non-hydrogen) atoms. The summed E-state index contributed by atoms with van der Waals surface area (Å²) in [6.07, 6.45) is 10.7. The number of aliphatic hydroxyl groups excluding tert-OH is 4. The molecular weight excluding hydrogens is 1560 g/mol. The van der Waals surface area contributed by atoms with E-state index in [1.54, 1.807) is 55.6 Å². The SMILES string of the molecule is CCCC[C@H](NC(=O)[C@H](CO)NC(=O)[C@H](CCC(N)=O)NC(=O)[C@H](CO)NC(=O)COCCOCCNC(=O)CCCCCCCCCCCCCCC(O)O)C(=O)N[C@H]1CCC(=O)NCCCC[C@@H](C(N)=O)NC(=O)[C@H](Cc2c[nH]c3ccccc23)NC(=O)[C@H](CCCNC(=N)N)NC(=O)[C@@H](Cc2ccccc2)NC(=O)[C@@H]2C[C@@H](O)CN2C1=O. The van der Waals surface area contributed by atoms with Gasteiger partial charge in [-0.1, -0.05) is 133 Å². The Morgan fingerprint density at radius 3 is 1.82 bits per heavy atom. The van der Waals surface area contributed by atoms with Crippen LogP contribution in [0, 0.1) is 5.41 Å². The Morgan fingerprint density at radius 2 is 1.17 bits per heavy atom. The van der Waals surface area contributed by atoms with Gasteiger partial charge in [0.05, 0.1) is 39.1 Å². The van der Waals surface area contributed by atoms with Gasteiger partial charge in [-0.25, -0.2) is 0 Å². The van der Waals surface area contributed by atoms with E-state index in [-0.39, 0.29) is 109 Å². The van der Waals surface area contributed by atoms with Crippen LogP contribution in [-0.4, -0.2) is 263 Å². The minimum absolute atomic E-state index is 0.00977. The summed E-state index contributed by atoms with van der Waals surface area (Å²) in [7, 11) is 0. The molecule has 11 atom stereocenters. The van der Waals surface area contributed by atoms with Crippen molar-refractivity contribution in [3.05, 3.63) is 71.9 Å². The molecule has 0 unspecified atom stereocenters. The number of carbonyl (C=O) groups is 14. The maximum absolute atomic E-state index is 15.2. The van der Waals surface area contributed by atoms with Crippen LogP contribution in [0.2, 0.25) is 0 Å². The van der Waals surface area contributed by atoms with E-state index in [0.29, 0.717) is 30.4 Å². The van der Waals surface area contributed by atoms with Crippen molar-refractivity contribution in [3.63, 3.8) is 0 Å². The molecule has 0 aliphatic carbocycles. The van der Waals surface area contributed by atoms with Crippen molar-refractivity contribution in [2.75, 3.05) is 65.8 Å². The number of aromatic amines is 1. The third kappa shape index (κ3) is 38.3. The minimum Gasteiger partial charge on any atom is -0.394 e. The molecule has 1 aromatic heterocycles. The maximum atomic E-state index is 15.2. The number of nitrogens with one attached hydrogen (secondary N) is 14. The van der Waals surface area contributed by atoms with Gasteiger partial charge in [0.15, 0.2) is 12.2 Å². The zero-order valence-electron chi connectivity index (χ0n) is 68.7. The standard InChI is InChI=1S/C81H128N18O21/c1-2-3-27-57(93-78(116)64(49-101)98-74(112)59(33-35-66(82)103)94-77(115)63(48-100)90-69(106)50-120-42-41-119-40-39-87-67(104)31-17-12-10-8-6-4-5-7-9-11-13-18-32-70(107)108)72(110)95-60-34-36-68(105)86-37-22-21-29-56(71(83)109)91-76(114)62(44-52-46-89-55-28-20-19-26-54(52)55)96-73(111)58(30-23-38-88-81(84)85)92-75(113)61(43-51-24-15-14-16-25-51)97-79(117)65-45-53(102)47-99(65)80(60)118/h14-16,19-20,24-26,28,46,53,56-65,70,89,100-102,107-108H,2-13,17-18,21-23,27,29-45,47-50H2,1H3,(H2,82,103)(H2,83,109)(H,86,105)(H,87,104)(H,90,106)(H,91,114)(H,92,113)(H,93,116)(H,94,115)(H,95,110)(H,96,111)(H,97,117)(H,98,112)(H4,84,85,88)/t53-,56+,57+,58+,59+,60+,61-,62+,63+,64+,65+/m1/s1. The van der Waals surface area contributed by atoms with Crippen molar-refractivity contribution >= 4 is 99.6 Å². The lowest BCUT2D eigenvalue weighted by atomic mass is 10.0. The van der Waals surface area contributed by atoms with Gasteiger partial charge in [0, 0.05) is 81.8 Å². The van der Waals surface area contributed by atoms with Crippen molar-refractivity contribution in [1.29, 1.82) is 5.41 Å². The highest BCUT2D eigenvalue weighted by Crippen LogP contribution is 2.24. The highest BCUT2D eigenvalue weighted by Gasteiger charge is 2.44. The van der Waals surface area contributed by atoms with Crippen LogP contribution < -0.4 is 81.0 Å². The molecule has 25 N–H and O–H groups in total. The lowest BCUT2D eigenvalue weighted by Crippen LogP contribution is -2.61. The molecule has 5 rings (SSSR count). The van der Waals surface area contributed by atoms with E-state index >= 15 is 4.79 Å². The molecule has 0 bridgehead atoms. The average molecular weight is 1690 g/mol. The van der Waals surface area contributed by atoms with E-state index in [4.69, 9.17) is 42.3 Å². The molecule has 39 heteroatoms. The highest BCUT2D eigenvalue weighted by molar-refractivity contribution is 6.00. The number of guanidine groups is 1. The Labute approximate surface area is 698 Å². The highest BCUT2D eigenvalue weighted by atomic mass is 16.5. The third-order valence-corrected chi connectivity index (χ3v) is 20.5. The Morgan fingerprint density at radius 1 is 0.583 bits per heavy atom. The van der Waals surface area contributed by atoms with Gasteiger partial charge in [-0.15, -0.1) is 0 Å². The second-order valence-corrected chi connectivity index (χ2v) is 30.3. The summed E-state index contributed by atoms with van der Waals surface area (Å²) in [5.41, 5.74) is 18.7. The topological polar surface area (TPSA) is 624 Å². The molecule has 668 valence electrons. The number of nitrogens with zero attached hydrogens (tertiary/aromatic N) is 1. The van der Waals surface area contributed by atoms with Crippen LogP contribution in [0.5, 0.6) is 0 Å². The Balaban J connectivity index is 1.25. The first kappa shape index (κ1) is 100. The van der Waals surface area contributed by atoms with E-state index in [2.05, 4.69) is 68.8 Å². The predicted molar refractivity (Wildman–Crippen MR) is 440 cm³/mol. The van der Waals surface area contributed by atoms with Gasteiger partial charge in [0.1, 0.15) is 67.0 Å². The van der Waals surface area contributed by atoms with Gasteiger partial charge in [-0.3, -0.25) is 72.5 Å². The van der Waals surface area contributed by atoms with Crippen LogP contribution in [0.3, 0.4) is 0 Å². The molecule has 2 aliphatic heterocycles. The molecule has 3 aromatic rings. The van der Waals surface area contributed by atoms with Crippen molar-refractivity contribution in [2.45, 2.75) is 266 Å².